The van der Waals surface area contributed by atoms with Gasteiger partial charge in [-0.3, -0.25) is 14.6 Å². The third-order valence-electron chi connectivity index (χ3n) is 6.49. The summed E-state index contributed by atoms with van der Waals surface area (Å²) in [6.45, 7) is 2.91. The number of Topliss-reactive ketones (excluding diaryl/α,β-unsaturated/α-hetero) is 1. The minimum Gasteiger partial charge on any atom is -0.507 e. The number of hydrogen-bond donors (Lipinski definition) is 1. The smallest absolute Gasteiger partial charge is 0.295 e. The van der Waals surface area contributed by atoms with E-state index < -0.39 is 17.7 Å². The van der Waals surface area contributed by atoms with Gasteiger partial charge in [0, 0.05) is 24.5 Å². The van der Waals surface area contributed by atoms with Crippen LogP contribution in [0, 0.1) is 0 Å². The highest BCUT2D eigenvalue weighted by atomic mass is 16.5. The molecule has 1 aliphatic rings. The molecule has 1 unspecified atom stereocenters. The van der Waals surface area contributed by atoms with Crippen molar-refractivity contribution in [2.24, 2.45) is 0 Å². The number of ether oxygens (including phenoxy) is 3. The highest BCUT2D eigenvalue weighted by Crippen LogP contribution is 2.41. The van der Waals surface area contributed by atoms with Crippen molar-refractivity contribution in [2.45, 2.75) is 38.8 Å². The maximum Gasteiger partial charge on any atom is 0.295 e. The van der Waals surface area contributed by atoms with Gasteiger partial charge in [-0.05, 0) is 53.9 Å². The van der Waals surface area contributed by atoms with Gasteiger partial charge in [-0.25, -0.2) is 0 Å². The number of aliphatic hydroxyl groups is 1. The molecule has 2 aromatic carbocycles. The van der Waals surface area contributed by atoms with Crippen LogP contribution in [0.3, 0.4) is 0 Å². The molecule has 1 aliphatic heterocycles. The van der Waals surface area contributed by atoms with E-state index in [2.05, 4.69) is 11.9 Å². The number of unbranched alkanes of at least 4 members (excludes halogenated alkanes) is 2. The number of aliphatic hydroxyl groups excluding tert-OH is 1. The minimum absolute atomic E-state index is 0.00252. The zero-order valence-corrected chi connectivity index (χ0v) is 21.8. The Labute approximate surface area is 222 Å². The average Bonchev–Trinajstić information content (AvgIpc) is 3.20. The SMILES string of the molecule is CCCCCOc1ccc(C2/C(=C(/O)c3ccc(OC)c(OC)c3)C(=O)C(=O)N2Cc2cccnc2)cc1. The van der Waals surface area contributed by atoms with Crippen LogP contribution >= 0.6 is 0 Å². The van der Waals surface area contributed by atoms with Gasteiger partial charge in [0.05, 0.1) is 32.4 Å². The Morgan fingerprint density at radius 2 is 1.76 bits per heavy atom. The van der Waals surface area contributed by atoms with Gasteiger partial charge in [0.1, 0.15) is 11.5 Å². The van der Waals surface area contributed by atoms with Crippen LogP contribution in [0.1, 0.15) is 48.9 Å². The lowest BCUT2D eigenvalue weighted by Crippen LogP contribution is -2.29. The lowest BCUT2D eigenvalue weighted by Gasteiger charge is -2.25. The Balaban J connectivity index is 1.76. The van der Waals surface area contributed by atoms with Crippen molar-refractivity contribution >= 4 is 17.4 Å². The first kappa shape index (κ1) is 26.7. The van der Waals surface area contributed by atoms with Crippen molar-refractivity contribution in [1.82, 2.24) is 9.88 Å². The van der Waals surface area contributed by atoms with E-state index in [4.69, 9.17) is 14.2 Å². The van der Waals surface area contributed by atoms with E-state index >= 15 is 0 Å². The van der Waals surface area contributed by atoms with Gasteiger partial charge in [-0.2, -0.15) is 0 Å². The molecule has 0 bridgehead atoms. The summed E-state index contributed by atoms with van der Waals surface area (Å²) < 4.78 is 16.5. The fraction of sp³-hybridized carbons (Fsp3) is 0.300. The van der Waals surface area contributed by atoms with Crippen LogP contribution in [0.25, 0.3) is 5.76 Å². The van der Waals surface area contributed by atoms with Crippen molar-refractivity contribution in [3.8, 4) is 17.2 Å². The number of pyridine rings is 1. The highest BCUT2D eigenvalue weighted by Gasteiger charge is 2.46. The lowest BCUT2D eigenvalue weighted by atomic mass is 9.95. The van der Waals surface area contributed by atoms with Crippen molar-refractivity contribution in [1.29, 1.82) is 0 Å². The summed E-state index contributed by atoms with van der Waals surface area (Å²) >= 11 is 0. The first-order valence-corrected chi connectivity index (χ1v) is 12.6. The second-order valence-electron chi connectivity index (χ2n) is 8.98. The predicted molar refractivity (Wildman–Crippen MR) is 143 cm³/mol. The summed E-state index contributed by atoms with van der Waals surface area (Å²) in [5.41, 5.74) is 1.78. The Kier molecular flexibility index (Phi) is 8.63. The van der Waals surface area contributed by atoms with Crippen LogP contribution in [0.15, 0.2) is 72.6 Å². The van der Waals surface area contributed by atoms with Crippen molar-refractivity contribution < 1.29 is 28.9 Å². The fourth-order valence-electron chi connectivity index (χ4n) is 4.51. The number of hydrogen-bond acceptors (Lipinski definition) is 7. The van der Waals surface area contributed by atoms with Crippen LogP contribution < -0.4 is 14.2 Å². The van der Waals surface area contributed by atoms with Gasteiger partial charge in [0.2, 0.25) is 0 Å². The number of nitrogens with zero attached hydrogens (tertiary/aromatic N) is 2. The van der Waals surface area contributed by atoms with Gasteiger partial charge in [-0.15, -0.1) is 0 Å². The van der Waals surface area contributed by atoms with E-state index in [9.17, 15) is 14.7 Å². The first-order valence-electron chi connectivity index (χ1n) is 12.6. The highest BCUT2D eigenvalue weighted by molar-refractivity contribution is 6.46. The molecule has 2 heterocycles. The Hall–Kier alpha value is -4.33. The maximum atomic E-state index is 13.3. The fourth-order valence-corrected chi connectivity index (χ4v) is 4.51. The molecule has 0 radical (unpaired) electrons. The molecule has 1 saturated heterocycles. The third-order valence-corrected chi connectivity index (χ3v) is 6.49. The van der Waals surface area contributed by atoms with Crippen LogP contribution in [0.2, 0.25) is 0 Å². The van der Waals surface area contributed by atoms with Gasteiger partial charge in [0.25, 0.3) is 11.7 Å². The van der Waals surface area contributed by atoms with Gasteiger partial charge in [-0.1, -0.05) is 38.0 Å². The predicted octanol–water partition coefficient (Wildman–Crippen LogP) is 5.29. The number of carbonyl (C=O) groups excluding carboxylic acids is 2. The van der Waals surface area contributed by atoms with E-state index in [0.29, 0.717) is 35.0 Å². The van der Waals surface area contributed by atoms with Crippen LogP contribution in [-0.4, -0.2) is 47.5 Å². The molecule has 1 amide bonds. The Morgan fingerprint density at radius 1 is 1.00 bits per heavy atom. The van der Waals surface area contributed by atoms with Crippen LogP contribution in [0.4, 0.5) is 0 Å². The molecule has 0 aliphatic carbocycles. The topological polar surface area (TPSA) is 98.2 Å². The summed E-state index contributed by atoms with van der Waals surface area (Å²) in [6.07, 6.45) is 6.47. The normalized spacial score (nSPS) is 16.5. The van der Waals surface area contributed by atoms with Crippen LogP contribution in [0.5, 0.6) is 17.2 Å². The molecular weight excluding hydrogens is 484 g/mol. The van der Waals surface area contributed by atoms with E-state index in [1.54, 1.807) is 36.7 Å². The molecule has 38 heavy (non-hydrogen) atoms. The second kappa shape index (κ2) is 12.3. The third kappa shape index (κ3) is 5.64. The molecule has 1 fully saturated rings. The second-order valence-corrected chi connectivity index (χ2v) is 8.98. The van der Waals surface area contributed by atoms with Crippen molar-refractivity contribution in [2.75, 3.05) is 20.8 Å². The molecule has 8 heteroatoms. The molecule has 8 nitrogen and oxygen atoms in total. The number of amides is 1. The largest absolute Gasteiger partial charge is 0.507 e. The molecule has 0 spiro atoms. The first-order chi connectivity index (χ1) is 18.5. The number of ketones is 1. The summed E-state index contributed by atoms with van der Waals surface area (Å²) in [5, 5.41) is 11.4. The summed E-state index contributed by atoms with van der Waals surface area (Å²) in [5.74, 6) is -0.168. The number of aromatic nitrogens is 1. The van der Waals surface area contributed by atoms with E-state index in [-0.39, 0.29) is 17.9 Å². The number of benzene rings is 2. The standard InChI is InChI=1S/C30H32N2O6/c1-4-5-6-16-38-23-12-9-21(10-13-23)27-26(28(33)22-11-14-24(36-2)25(17-22)37-3)29(34)30(35)32(27)19-20-8-7-15-31-18-20/h7-15,17-18,27,33H,4-6,16,19H2,1-3H3/b28-26-. The molecule has 1 aromatic heterocycles. The van der Waals surface area contributed by atoms with Crippen molar-refractivity contribution in [3.05, 3.63) is 89.3 Å². The zero-order chi connectivity index (χ0) is 27.1. The molecule has 198 valence electrons. The summed E-state index contributed by atoms with van der Waals surface area (Å²) in [7, 11) is 3.00. The van der Waals surface area contributed by atoms with Crippen LogP contribution in [-0.2, 0) is 16.1 Å². The maximum absolute atomic E-state index is 13.3. The van der Waals surface area contributed by atoms with E-state index in [1.165, 1.54) is 19.1 Å². The van der Waals surface area contributed by atoms with E-state index in [1.807, 2.05) is 30.3 Å². The monoisotopic (exact) mass is 516 g/mol. The Bertz CT molecular complexity index is 1300. The molecule has 0 saturated carbocycles. The van der Waals surface area contributed by atoms with Crippen molar-refractivity contribution in [3.63, 3.8) is 0 Å². The van der Waals surface area contributed by atoms with Gasteiger partial charge < -0.3 is 24.2 Å². The molecular formula is C30H32N2O6. The number of carbonyl (C=O) groups is 2. The number of likely N-dealkylation sites (tertiary alicyclic amines) is 1. The number of rotatable bonds is 11. The molecule has 1 atom stereocenters. The van der Waals surface area contributed by atoms with Gasteiger partial charge >= 0.3 is 0 Å². The molecule has 1 N–H and O–H groups in total. The van der Waals surface area contributed by atoms with E-state index in [0.717, 1.165) is 24.8 Å². The average molecular weight is 517 g/mol. The quantitative estimate of drug-likeness (QED) is 0.160. The zero-order valence-electron chi connectivity index (χ0n) is 21.8. The number of methoxy groups -OCH3 is 2. The summed E-state index contributed by atoms with van der Waals surface area (Å²) in [6, 6.07) is 14.9. The molecule has 3 aromatic rings. The summed E-state index contributed by atoms with van der Waals surface area (Å²) in [4.78, 5) is 32.2. The molecule has 4 rings (SSSR count). The Morgan fingerprint density at radius 3 is 2.42 bits per heavy atom. The van der Waals surface area contributed by atoms with Gasteiger partial charge in [0.15, 0.2) is 11.5 Å². The lowest BCUT2D eigenvalue weighted by molar-refractivity contribution is -0.140. The minimum atomic E-state index is -0.808.